The van der Waals surface area contributed by atoms with E-state index >= 15 is 0 Å². The van der Waals surface area contributed by atoms with E-state index in [2.05, 4.69) is 0 Å². The molecule has 0 unspecified atom stereocenters. The molecule has 0 saturated carbocycles. The van der Waals surface area contributed by atoms with E-state index in [9.17, 15) is 0 Å². The van der Waals surface area contributed by atoms with Crippen LogP contribution in [-0.2, 0) is 14.1 Å². The number of aromatic nitrogens is 2. The number of hydrogen-bond acceptors (Lipinski definition) is 1. The van der Waals surface area contributed by atoms with Gasteiger partial charge in [-0.05, 0) is 6.92 Å². The van der Waals surface area contributed by atoms with Crippen molar-refractivity contribution in [1.82, 2.24) is 9.36 Å². The van der Waals surface area contributed by atoms with Gasteiger partial charge in [0.05, 0.1) is 0 Å². The molecule has 0 N–H and O–H groups in total. The summed E-state index contributed by atoms with van der Waals surface area (Å²) < 4.78 is 4.82. The standard InChI is InChI=1S/C6H10N2S/c1-5-4-7(2)8(3)6(5)9/h4H,1-3H3. The van der Waals surface area contributed by atoms with E-state index in [-0.39, 0.29) is 0 Å². The molecule has 9 heavy (non-hydrogen) atoms. The van der Waals surface area contributed by atoms with Crippen LogP contribution in [0.25, 0.3) is 0 Å². The van der Waals surface area contributed by atoms with E-state index in [1.165, 1.54) is 0 Å². The Morgan fingerprint density at radius 2 is 2.00 bits per heavy atom. The molecule has 1 heterocycles. The molecule has 3 heteroatoms. The molecule has 2 nitrogen and oxygen atoms in total. The summed E-state index contributed by atoms with van der Waals surface area (Å²) >= 11 is 5.06. The van der Waals surface area contributed by atoms with Crippen LogP contribution in [0.1, 0.15) is 5.56 Å². The smallest absolute Gasteiger partial charge is 0.124 e. The summed E-state index contributed by atoms with van der Waals surface area (Å²) in [5.41, 5.74) is 1.16. The predicted molar refractivity (Wildman–Crippen MR) is 40.0 cm³/mol. The van der Waals surface area contributed by atoms with Gasteiger partial charge in [-0.15, -0.1) is 0 Å². The highest BCUT2D eigenvalue weighted by Crippen LogP contribution is 1.99. The van der Waals surface area contributed by atoms with Gasteiger partial charge in [-0.1, -0.05) is 12.2 Å². The van der Waals surface area contributed by atoms with Gasteiger partial charge in [0.2, 0.25) is 0 Å². The van der Waals surface area contributed by atoms with E-state index < -0.39 is 0 Å². The summed E-state index contributed by atoms with van der Waals surface area (Å²) in [6, 6.07) is 0. The molecule has 0 aromatic carbocycles. The Labute approximate surface area is 59.7 Å². The van der Waals surface area contributed by atoms with E-state index in [4.69, 9.17) is 12.2 Å². The largest absolute Gasteiger partial charge is 0.295 e. The highest BCUT2D eigenvalue weighted by Gasteiger charge is 1.93. The van der Waals surface area contributed by atoms with Crippen molar-refractivity contribution in [3.8, 4) is 0 Å². The van der Waals surface area contributed by atoms with Crippen molar-refractivity contribution in [2.75, 3.05) is 0 Å². The summed E-state index contributed by atoms with van der Waals surface area (Å²) in [4.78, 5) is 0. The third-order valence-corrected chi connectivity index (χ3v) is 2.07. The molecule has 0 atom stereocenters. The maximum Gasteiger partial charge on any atom is 0.124 e. The monoisotopic (exact) mass is 142 g/mol. The van der Waals surface area contributed by atoms with Crippen molar-refractivity contribution < 1.29 is 0 Å². The molecule has 0 bridgehead atoms. The Morgan fingerprint density at radius 1 is 1.44 bits per heavy atom. The maximum atomic E-state index is 5.06. The fraction of sp³-hybridized carbons (Fsp3) is 0.500. The third-order valence-electron chi connectivity index (χ3n) is 1.48. The zero-order chi connectivity index (χ0) is 7.02. The van der Waals surface area contributed by atoms with Crippen LogP contribution in [0.3, 0.4) is 0 Å². The lowest BCUT2D eigenvalue weighted by Gasteiger charge is -1.96. The lowest BCUT2D eigenvalue weighted by atomic mass is 10.4. The van der Waals surface area contributed by atoms with Gasteiger partial charge in [-0.3, -0.25) is 9.36 Å². The molecule has 0 saturated heterocycles. The number of nitrogens with zero attached hydrogens (tertiary/aromatic N) is 2. The van der Waals surface area contributed by atoms with Crippen LogP contribution < -0.4 is 0 Å². The molecule has 0 aliphatic heterocycles. The molecule has 1 aromatic heterocycles. The SMILES string of the molecule is Cc1cn(C)n(C)c1=S. The molecule has 1 rings (SSSR count). The van der Waals surface area contributed by atoms with E-state index in [0.29, 0.717) is 0 Å². The molecular formula is C6H10N2S. The van der Waals surface area contributed by atoms with Crippen molar-refractivity contribution in [1.29, 1.82) is 0 Å². The average Bonchev–Trinajstić information content (AvgIpc) is 1.98. The van der Waals surface area contributed by atoms with Crippen LogP contribution in [0, 0.1) is 11.6 Å². The van der Waals surface area contributed by atoms with Crippen LogP contribution in [0.15, 0.2) is 6.20 Å². The zero-order valence-corrected chi connectivity index (χ0v) is 6.70. The minimum atomic E-state index is 0.914. The van der Waals surface area contributed by atoms with Crippen LogP contribution in [0.4, 0.5) is 0 Å². The van der Waals surface area contributed by atoms with Crippen LogP contribution in [0.5, 0.6) is 0 Å². The number of hydrogen-bond donors (Lipinski definition) is 0. The number of aryl methyl sites for hydroxylation is 2. The molecule has 0 aliphatic rings. The van der Waals surface area contributed by atoms with Gasteiger partial charge in [0.1, 0.15) is 4.64 Å². The first-order chi connectivity index (χ1) is 4.13. The van der Waals surface area contributed by atoms with Crippen molar-refractivity contribution in [3.05, 3.63) is 16.4 Å². The summed E-state index contributed by atoms with van der Waals surface area (Å²) in [7, 11) is 3.93. The Hall–Kier alpha value is -0.570. The molecular weight excluding hydrogens is 132 g/mol. The average molecular weight is 142 g/mol. The first-order valence-corrected chi connectivity index (χ1v) is 3.23. The molecule has 0 fully saturated rings. The van der Waals surface area contributed by atoms with Crippen LogP contribution in [-0.4, -0.2) is 9.36 Å². The molecule has 50 valence electrons. The van der Waals surface area contributed by atoms with Crippen molar-refractivity contribution in [2.45, 2.75) is 6.92 Å². The summed E-state index contributed by atoms with van der Waals surface area (Å²) in [5, 5.41) is 0. The van der Waals surface area contributed by atoms with Gasteiger partial charge in [0, 0.05) is 25.9 Å². The maximum absolute atomic E-state index is 5.06. The minimum Gasteiger partial charge on any atom is -0.295 e. The fourth-order valence-electron chi connectivity index (χ4n) is 0.821. The molecule has 0 amide bonds. The summed E-state index contributed by atoms with van der Waals surface area (Å²) in [6.45, 7) is 2.02. The lowest BCUT2D eigenvalue weighted by Crippen LogP contribution is -2.01. The summed E-state index contributed by atoms with van der Waals surface area (Å²) in [6.07, 6.45) is 2.02. The molecule has 0 radical (unpaired) electrons. The van der Waals surface area contributed by atoms with Crippen molar-refractivity contribution >= 4 is 12.2 Å². The summed E-state index contributed by atoms with van der Waals surface area (Å²) in [5.74, 6) is 0. The second kappa shape index (κ2) is 1.99. The van der Waals surface area contributed by atoms with Gasteiger partial charge in [0.25, 0.3) is 0 Å². The van der Waals surface area contributed by atoms with Crippen LogP contribution in [0.2, 0.25) is 0 Å². The second-order valence-corrected chi connectivity index (χ2v) is 2.60. The Morgan fingerprint density at radius 3 is 2.11 bits per heavy atom. The van der Waals surface area contributed by atoms with Gasteiger partial charge in [0.15, 0.2) is 0 Å². The first kappa shape index (κ1) is 6.55. The zero-order valence-electron chi connectivity index (χ0n) is 5.88. The quantitative estimate of drug-likeness (QED) is 0.498. The van der Waals surface area contributed by atoms with Gasteiger partial charge in [-0.2, -0.15) is 0 Å². The second-order valence-electron chi connectivity index (χ2n) is 2.21. The lowest BCUT2D eigenvalue weighted by molar-refractivity contribution is 0.589. The van der Waals surface area contributed by atoms with Crippen molar-refractivity contribution in [2.24, 2.45) is 14.1 Å². The van der Waals surface area contributed by atoms with Gasteiger partial charge < -0.3 is 0 Å². The first-order valence-electron chi connectivity index (χ1n) is 2.82. The molecule has 0 spiro atoms. The Bertz CT molecular complexity index is 269. The van der Waals surface area contributed by atoms with Crippen LogP contribution >= 0.6 is 12.2 Å². The normalized spacial score (nSPS) is 10.1. The minimum absolute atomic E-state index is 0.914. The van der Waals surface area contributed by atoms with Crippen molar-refractivity contribution in [3.63, 3.8) is 0 Å². The highest BCUT2D eigenvalue weighted by molar-refractivity contribution is 7.71. The highest BCUT2D eigenvalue weighted by atomic mass is 32.1. The van der Waals surface area contributed by atoms with E-state index in [1.807, 2.05) is 36.6 Å². The van der Waals surface area contributed by atoms with E-state index in [1.54, 1.807) is 0 Å². The Kier molecular flexibility index (Phi) is 1.45. The molecule has 0 aliphatic carbocycles. The molecule has 1 aromatic rings. The van der Waals surface area contributed by atoms with Gasteiger partial charge in [-0.25, -0.2) is 0 Å². The van der Waals surface area contributed by atoms with Gasteiger partial charge >= 0.3 is 0 Å². The van der Waals surface area contributed by atoms with E-state index in [0.717, 1.165) is 10.2 Å². The number of rotatable bonds is 0. The third kappa shape index (κ3) is 0.920. The topological polar surface area (TPSA) is 9.86 Å². The predicted octanol–water partition coefficient (Wildman–Crippen LogP) is 1.40. The Balaban J connectivity index is 3.48. The fourth-order valence-corrected chi connectivity index (χ4v) is 1.00.